The fourth-order valence-corrected chi connectivity index (χ4v) is 4.85. The lowest BCUT2D eigenvalue weighted by Gasteiger charge is -2.23. The molecule has 1 fully saturated rings. The molecule has 5 rings (SSSR count). The molecular weight excluding hydrogens is 490 g/mol. The SMILES string of the molecule is CCOc1ccc(/C(O)=C2\C(=O)C(=O)N(c3nnc(C)s3)[C@@H]2c2cccc(Oc3ccccc3)c2)cc1. The first-order valence-electron chi connectivity index (χ1n) is 11.6. The van der Waals surface area contributed by atoms with Crippen LogP contribution in [0.1, 0.15) is 29.1 Å². The number of aryl methyl sites for hydroxylation is 1. The van der Waals surface area contributed by atoms with Gasteiger partial charge >= 0.3 is 5.91 Å². The molecule has 1 aromatic heterocycles. The Kier molecular flexibility index (Phi) is 6.70. The number of aliphatic hydroxyl groups is 1. The summed E-state index contributed by atoms with van der Waals surface area (Å²) in [7, 11) is 0. The minimum Gasteiger partial charge on any atom is -0.507 e. The van der Waals surface area contributed by atoms with E-state index >= 15 is 0 Å². The van der Waals surface area contributed by atoms with Gasteiger partial charge in [0, 0.05) is 5.56 Å². The van der Waals surface area contributed by atoms with Crippen molar-refractivity contribution in [2.24, 2.45) is 0 Å². The molecule has 186 valence electrons. The van der Waals surface area contributed by atoms with E-state index < -0.39 is 17.7 Å². The number of ether oxygens (including phenoxy) is 2. The molecule has 2 heterocycles. The van der Waals surface area contributed by atoms with Crippen molar-refractivity contribution in [1.82, 2.24) is 10.2 Å². The van der Waals surface area contributed by atoms with Crippen molar-refractivity contribution < 1.29 is 24.2 Å². The molecule has 0 aliphatic carbocycles. The molecule has 8 nitrogen and oxygen atoms in total. The Balaban J connectivity index is 1.62. The topological polar surface area (TPSA) is 102 Å². The molecule has 1 saturated heterocycles. The molecule has 3 aromatic carbocycles. The highest BCUT2D eigenvalue weighted by Gasteiger charge is 2.48. The molecule has 0 spiro atoms. The summed E-state index contributed by atoms with van der Waals surface area (Å²) in [5.41, 5.74) is 0.920. The first kappa shape index (κ1) is 24.2. The highest BCUT2D eigenvalue weighted by molar-refractivity contribution is 7.15. The predicted octanol–water partition coefficient (Wildman–Crippen LogP) is 5.66. The Morgan fingerprint density at radius 3 is 2.35 bits per heavy atom. The van der Waals surface area contributed by atoms with Crippen LogP contribution in [-0.4, -0.2) is 33.6 Å². The number of amides is 1. The van der Waals surface area contributed by atoms with E-state index in [4.69, 9.17) is 9.47 Å². The monoisotopic (exact) mass is 513 g/mol. The average Bonchev–Trinajstić information content (AvgIpc) is 3.45. The van der Waals surface area contributed by atoms with Crippen molar-refractivity contribution in [3.05, 3.63) is 101 Å². The van der Waals surface area contributed by atoms with E-state index in [2.05, 4.69) is 10.2 Å². The van der Waals surface area contributed by atoms with Gasteiger partial charge in [-0.3, -0.25) is 14.5 Å². The van der Waals surface area contributed by atoms with Crippen LogP contribution in [0.25, 0.3) is 5.76 Å². The zero-order chi connectivity index (χ0) is 25.9. The number of rotatable bonds is 7. The Hall–Kier alpha value is -4.50. The number of Topliss-reactive ketones (excluding diaryl/α,β-unsaturated/α-hetero) is 1. The number of anilines is 1. The van der Waals surface area contributed by atoms with Crippen LogP contribution in [-0.2, 0) is 9.59 Å². The third-order valence-electron chi connectivity index (χ3n) is 5.76. The Morgan fingerprint density at radius 1 is 0.946 bits per heavy atom. The van der Waals surface area contributed by atoms with Crippen LogP contribution in [0.2, 0.25) is 0 Å². The van der Waals surface area contributed by atoms with Crippen molar-refractivity contribution in [3.8, 4) is 17.2 Å². The summed E-state index contributed by atoms with van der Waals surface area (Å²) in [4.78, 5) is 27.9. The molecule has 0 bridgehead atoms. The van der Waals surface area contributed by atoms with Gasteiger partial charge in [0.05, 0.1) is 18.2 Å². The van der Waals surface area contributed by atoms with Crippen molar-refractivity contribution in [2.45, 2.75) is 19.9 Å². The number of aliphatic hydroxyl groups excluding tert-OH is 1. The van der Waals surface area contributed by atoms with E-state index in [1.807, 2.05) is 37.3 Å². The third-order valence-corrected chi connectivity index (χ3v) is 6.60. The van der Waals surface area contributed by atoms with Gasteiger partial charge in [0.2, 0.25) is 5.13 Å². The van der Waals surface area contributed by atoms with Gasteiger partial charge in [0.1, 0.15) is 28.0 Å². The number of hydrogen-bond donors (Lipinski definition) is 1. The standard InChI is InChI=1S/C28H23N3O5S/c1-3-35-20-14-12-18(13-15-20)25(32)23-24(31(27(34)26(23)33)28-30-29-17(2)37-28)19-8-7-11-22(16-19)36-21-9-5-4-6-10-21/h4-16,24,32H,3H2,1-2H3/b25-23+/t24-/m1/s1. The maximum absolute atomic E-state index is 13.3. The minimum absolute atomic E-state index is 0.0427. The van der Waals surface area contributed by atoms with Gasteiger partial charge in [-0.05, 0) is 67.9 Å². The molecule has 4 aromatic rings. The molecule has 0 radical (unpaired) electrons. The molecule has 1 amide bonds. The highest BCUT2D eigenvalue weighted by atomic mass is 32.1. The number of aromatic nitrogens is 2. The van der Waals surface area contributed by atoms with Gasteiger partial charge in [-0.1, -0.05) is 41.7 Å². The van der Waals surface area contributed by atoms with E-state index in [1.54, 1.807) is 55.5 Å². The number of carbonyl (C=O) groups excluding carboxylic acids is 2. The zero-order valence-electron chi connectivity index (χ0n) is 20.1. The largest absolute Gasteiger partial charge is 0.507 e. The van der Waals surface area contributed by atoms with Crippen LogP contribution in [0.5, 0.6) is 17.2 Å². The van der Waals surface area contributed by atoms with Crippen LogP contribution >= 0.6 is 11.3 Å². The number of nitrogens with zero attached hydrogens (tertiary/aromatic N) is 3. The second-order valence-electron chi connectivity index (χ2n) is 8.22. The lowest BCUT2D eigenvalue weighted by Crippen LogP contribution is -2.29. The maximum Gasteiger partial charge on any atom is 0.301 e. The van der Waals surface area contributed by atoms with Crippen LogP contribution in [0, 0.1) is 6.92 Å². The van der Waals surface area contributed by atoms with E-state index in [9.17, 15) is 14.7 Å². The fourth-order valence-electron chi connectivity index (χ4n) is 4.13. The van der Waals surface area contributed by atoms with Crippen LogP contribution in [0.15, 0.2) is 84.4 Å². The van der Waals surface area contributed by atoms with E-state index in [-0.39, 0.29) is 16.5 Å². The zero-order valence-corrected chi connectivity index (χ0v) is 20.9. The van der Waals surface area contributed by atoms with Gasteiger partial charge < -0.3 is 14.6 Å². The fraction of sp³-hybridized carbons (Fsp3) is 0.143. The Bertz CT molecular complexity index is 1480. The highest BCUT2D eigenvalue weighted by Crippen LogP contribution is 2.43. The first-order chi connectivity index (χ1) is 18.0. The summed E-state index contributed by atoms with van der Waals surface area (Å²) >= 11 is 1.19. The number of benzene rings is 3. The summed E-state index contributed by atoms with van der Waals surface area (Å²) in [5, 5.41) is 20.4. The lowest BCUT2D eigenvalue weighted by atomic mass is 9.95. The summed E-state index contributed by atoms with van der Waals surface area (Å²) in [6.07, 6.45) is 0. The average molecular weight is 514 g/mol. The van der Waals surface area contributed by atoms with Gasteiger partial charge in [0.25, 0.3) is 5.78 Å². The van der Waals surface area contributed by atoms with Crippen molar-refractivity contribution >= 4 is 33.9 Å². The quantitative estimate of drug-likeness (QED) is 0.193. The van der Waals surface area contributed by atoms with Crippen molar-refractivity contribution in [3.63, 3.8) is 0 Å². The molecule has 1 aliphatic rings. The van der Waals surface area contributed by atoms with Crippen molar-refractivity contribution in [1.29, 1.82) is 0 Å². The van der Waals surface area contributed by atoms with Crippen molar-refractivity contribution in [2.75, 3.05) is 11.5 Å². The van der Waals surface area contributed by atoms with Gasteiger partial charge in [-0.2, -0.15) is 0 Å². The number of hydrogen-bond acceptors (Lipinski definition) is 8. The molecule has 9 heteroatoms. The lowest BCUT2D eigenvalue weighted by molar-refractivity contribution is -0.132. The second kappa shape index (κ2) is 10.2. The number of ketones is 1. The normalized spacial score (nSPS) is 16.7. The predicted molar refractivity (Wildman–Crippen MR) is 140 cm³/mol. The molecule has 0 saturated carbocycles. The van der Waals surface area contributed by atoms with Crippen LogP contribution in [0.3, 0.4) is 0 Å². The van der Waals surface area contributed by atoms with E-state index in [0.717, 1.165) is 0 Å². The minimum atomic E-state index is -0.932. The summed E-state index contributed by atoms with van der Waals surface area (Å²) in [6, 6.07) is 22.1. The molecule has 1 atom stereocenters. The smallest absolute Gasteiger partial charge is 0.301 e. The molecule has 37 heavy (non-hydrogen) atoms. The van der Waals surface area contributed by atoms with E-state index in [1.165, 1.54) is 16.2 Å². The van der Waals surface area contributed by atoms with Gasteiger partial charge in [0.15, 0.2) is 0 Å². The number of para-hydroxylation sites is 1. The Labute approximate surface area is 217 Å². The van der Waals surface area contributed by atoms with Gasteiger partial charge in [-0.25, -0.2) is 0 Å². The van der Waals surface area contributed by atoms with Gasteiger partial charge in [-0.15, -0.1) is 10.2 Å². The van der Waals surface area contributed by atoms with Crippen LogP contribution < -0.4 is 14.4 Å². The Morgan fingerprint density at radius 2 is 1.68 bits per heavy atom. The molecule has 1 aliphatic heterocycles. The first-order valence-corrected chi connectivity index (χ1v) is 12.4. The van der Waals surface area contributed by atoms with Crippen LogP contribution in [0.4, 0.5) is 5.13 Å². The maximum atomic E-state index is 13.3. The molecule has 1 N–H and O–H groups in total. The number of carbonyl (C=O) groups is 2. The molecular formula is C28H23N3O5S. The summed E-state index contributed by atoms with van der Waals surface area (Å²) < 4.78 is 11.5. The second-order valence-corrected chi connectivity index (χ2v) is 9.38. The summed E-state index contributed by atoms with van der Waals surface area (Å²) in [5.74, 6) is -0.0936. The summed E-state index contributed by atoms with van der Waals surface area (Å²) in [6.45, 7) is 4.14. The van der Waals surface area contributed by atoms with E-state index in [0.29, 0.717) is 40.0 Å². The molecule has 0 unspecified atom stereocenters. The third kappa shape index (κ3) is 4.81.